The third-order valence-corrected chi connectivity index (χ3v) is 13.5. The summed E-state index contributed by atoms with van der Waals surface area (Å²) in [7, 11) is 0. The van der Waals surface area contributed by atoms with Crippen molar-refractivity contribution in [3.8, 4) is 0 Å². The molecule has 4 rings (SSSR count). The van der Waals surface area contributed by atoms with Gasteiger partial charge in [-0.3, -0.25) is 0 Å². The summed E-state index contributed by atoms with van der Waals surface area (Å²) in [6, 6.07) is 0. The Morgan fingerprint density at radius 1 is 0.912 bits per heavy atom. The maximum atomic E-state index is 12.0. The van der Waals surface area contributed by atoms with Gasteiger partial charge < -0.3 is 5.11 Å². The highest BCUT2D eigenvalue weighted by atomic mass is 16.3. The van der Waals surface area contributed by atoms with Gasteiger partial charge in [0.05, 0.1) is 6.10 Å². The molecule has 0 aromatic rings. The number of hydrogen-bond donors (Lipinski definition) is 1. The first-order valence-electron chi connectivity index (χ1n) is 15.0. The van der Waals surface area contributed by atoms with Gasteiger partial charge in [0, 0.05) is 0 Å². The van der Waals surface area contributed by atoms with Crippen molar-refractivity contribution in [2.75, 3.05) is 0 Å². The smallest absolute Gasteiger partial charge is 0.0579 e. The molecule has 4 aliphatic rings. The molecule has 4 fully saturated rings. The van der Waals surface area contributed by atoms with Crippen LogP contribution in [0.25, 0.3) is 0 Å². The van der Waals surface area contributed by atoms with Gasteiger partial charge in [-0.25, -0.2) is 0 Å². The van der Waals surface area contributed by atoms with Gasteiger partial charge in [-0.2, -0.15) is 0 Å². The van der Waals surface area contributed by atoms with E-state index < -0.39 is 0 Å². The number of hydrogen-bond acceptors (Lipinski definition) is 1. The van der Waals surface area contributed by atoms with Crippen molar-refractivity contribution >= 4 is 0 Å². The minimum absolute atomic E-state index is 0.124. The summed E-state index contributed by atoms with van der Waals surface area (Å²) in [4.78, 5) is 0. The SMILES string of the molecule is CCC1CCC2(C)C(CCC3(C)C2CC(O)C2C(C(C)(C)CCC=C(C)C)CC[C@]23C)C1(C)C. The molecule has 8 unspecified atom stereocenters. The van der Waals surface area contributed by atoms with Crippen molar-refractivity contribution in [3.63, 3.8) is 0 Å². The highest BCUT2D eigenvalue weighted by Crippen LogP contribution is 2.76. The first-order chi connectivity index (χ1) is 15.6. The number of aliphatic hydroxyl groups excluding tert-OH is 1. The van der Waals surface area contributed by atoms with Crippen LogP contribution in [-0.2, 0) is 0 Å². The third-order valence-electron chi connectivity index (χ3n) is 13.5. The summed E-state index contributed by atoms with van der Waals surface area (Å²) in [6.45, 7) is 25.0. The Labute approximate surface area is 212 Å². The van der Waals surface area contributed by atoms with Gasteiger partial charge in [-0.1, -0.05) is 73.5 Å². The average molecular weight is 471 g/mol. The van der Waals surface area contributed by atoms with Crippen LogP contribution in [0.4, 0.5) is 0 Å². The first kappa shape index (κ1) is 26.8. The lowest BCUT2D eigenvalue weighted by Crippen LogP contribution is -2.65. The molecule has 0 radical (unpaired) electrons. The predicted octanol–water partition coefficient (Wildman–Crippen LogP) is 9.44. The molecule has 4 aliphatic carbocycles. The molecule has 0 amide bonds. The summed E-state index contributed by atoms with van der Waals surface area (Å²) in [5.74, 6) is 3.45. The zero-order valence-electron chi connectivity index (χ0n) is 24.6. The van der Waals surface area contributed by atoms with Crippen molar-refractivity contribution in [2.24, 2.45) is 56.7 Å². The van der Waals surface area contributed by atoms with Crippen molar-refractivity contribution in [2.45, 2.75) is 140 Å². The molecule has 0 heterocycles. The molecule has 9 atom stereocenters. The highest BCUT2D eigenvalue weighted by molar-refractivity contribution is 5.19. The molecule has 1 nitrogen and oxygen atoms in total. The lowest BCUT2D eigenvalue weighted by Gasteiger charge is -2.71. The molecule has 196 valence electrons. The molecular formula is C33H58O. The topological polar surface area (TPSA) is 20.2 Å². The fraction of sp³-hybridized carbons (Fsp3) is 0.939. The van der Waals surface area contributed by atoms with Crippen LogP contribution < -0.4 is 0 Å². The molecule has 1 N–H and O–H groups in total. The predicted molar refractivity (Wildman–Crippen MR) is 147 cm³/mol. The Bertz CT molecular complexity index is 786. The summed E-state index contributed by atoms with van der Waals surface area (Å²) >= 11 is 0. The lowest BCUT2D eigenvalue weighted by molar-refractivity contribution is -0.239. The second-order valence-corrected chi connectivity index (χ2v) is 15.7. The number of fused-ring (bicyclic) bond motifs is 5. The third kappa shape index (κ3) is 3.71. The first-order valence-corrected chi connectivity index (χ1v) is 15.0. The molecule has 0 spiro atoms. The molecule has 0 aromatic carbocycles. The van der Waals surface area contributed by atoms with E-state index in [2.05, 4.69) is 75.3 Å². The van der Waals surface area contributed by atoms with E-state index >= 15 is 0 Å². The second-order valence-electron chi connectivity index (χ2n) is 15.7. The second kappa shape index (κ2) is 8.63. The van der Waals surface area contributed by atoms with E-state index in [4.69, 9.17) is 0 Å². The zero-order chi connectivity index (χ0) is 25.3. The minimum atomic E-state index is -0.124. The highest BCUT2D eigenvalue weighted by Gasteiger charge is 2.70. The molecule has 34 heavy (non-hydrogen) atoms. The van der Waals surface area contributed by atoms with Crippen LogP contribution in [0.1, 0.15) is 133 Å². The molecular weight excluding hydrogens is 412 g/mol. The Hall–Kier alpha value is -0.300. The molecule has 0 aliphatic heterocycles. The van der Waals surface area contributed by atoms with E-state index in [-0.39, 0.29) is 11.5 Å². The van der Waals surface area contributed by atoms with Crippen LogP contribution >= 0.6 is 0 Å². The van der Waals surface area contributed by atoms with Crippen molar-refractivity contribution in [3.05, 3.63) is 11.6 Å². The van der Waals surface area contributed by atoms with Gasteiger partial charge in [0.2, 0.25) is 0 Å². The quantitative estimate of drug-likeness (QED) is 0.397. The number of allylic oxidation sites excluding steroid dienone is 2. The Balaban J connectivity index is 1.66. The monoisotopic (exact) mass is 470 g/mol. The van der Waals surface area contributed by atoms with Gasteiger partial charge in [0.1, 0.15) is 0 Å². The summed E-state index contributed by atoms with van der Waals surface area (Å²) in [5.41, 5.74) is 3.17. The molecule has 4 saturated carbocycles. The van der Waals surface area contributed by atoms with Crippen LogP contribution in [0, 0.1) is 56.7 Å². The van der Waals surface area contributed by atoms with Crippen molar-refractivity contribution < 1.29 is 5.11 Å². The zero-order valence-corrected chi connectivity index (χ0v) is 24.6. The van der Waals surface area contributed by atoms with Gasteiger partial charge in [-0.15, -0.1) is 0 Å². The number of aliphatic hydroxyl groups is 1. The van der Waals surface area contributed by atoms with E-state index in [0.29, 0.717) is 39.4 Å². The normalized spacial score (nSPS) is 48.0. The van der Waals surface area contributed by atoms with Gasteiger partial charge in [-0.05, 0) is 128 Å². The maximum absolute atomic E-state index is 12.0. The van der Waals surface area contributed by atoms with Gasteiger partial charge >= 0.3 is 0 Å². The maximum Gasteiger partial charge on any atom is 0.0579 e. The Morgan fingerprint density at radius 3 is 2.18 bits per heavy atom. The van der Waals surface area contributed by atoms with Crippen LogP contribution in [0.2, 0.25) is 0 Å². The standard InChI is InChI=1S/C33H58O/c1-11-23-14-18-31(8)26(30(23,6)7)16-20-32(9)27(31)21-25(34)28-24(15-19-33(28,32)10)29(4,5)17-12-13-22(2)3/h13,23-28,34H,11-12,14-21H2,1-10H3/t23?,24?,25?,26?,27?,28?,31?,32?,33-/m1/s1. The van der Waals surface area contributed by atoms with E-state index in [9.17, 15) is 5.11 Å². The fourth-order valence-corrected chi connectivity index (χ4v) is 11.4. The Kier molecular flexibility index (Phi) is 6.79. The average Bonchev–Trinajstić information content (AvgIpc) is 3.10. The minimum Gasteiger partial charge on any atom is -0.393 e. The van der Waals surface area contributed by atoms with Crippen LogP contribution in [-0.4, -0.2) is 11.2 Å². The van der Waals surface area contributed by atoms with Crippen molar-refractivity contribution in [1.29, 1.82) is 0 Å². The van der Waals surface area contributed by atoms with E-state index in [0.717, 1.165) is 18.3 Å². The van der Waals surface area contributed by atoms with Gasteiger partial charge in [0.25, 0.3) is 0 Å². The molecule has 1 heteroatoms. The Morgan fingerprint density at radius 2 is 1.56 bits per heavy atom. The molecule has 0 saturated heterocycles. The summed E-state index contributed by atoms with van der Waals surface area (Å²) in [5, 5.41) is 12.0. The van der Waals surface area contributed by atoms with Gasteiger partial charge in [0.15, 0.2) is 0 Å². The van der Waals surface area contributed by atoms with Crippen LogP contribution in [0.5, 0.6) is 0 Å². The van der Waals surface area contributed by atoms with Crippen LogP contribution in [0.3, 0.4) is 0 Å². The number of rotatable bonds is 5. The van der Waals surface area contributed by atoms with Crippen molar-refractivity contribution in [1.82, 2.24) is 0 Å². The fourth-order valence-electron chi connectivity index (χ4n) is 11.4. The summed E-state index contributed by atoms with van der Waals surface area (Å²) in [6.07, 6.45) is 15.3. The largest absolute Gasteiger partial charge is 0.393 e. The van der Waals surface area contributed by atoms with E-state index in [1.165, 1.54) is 63.4 Å². The van der Waals surface area contributed by atoms with E-state index in [1.807, 2.05) is 0 Å². The van der Waals surface area contributed by atoms with E-state index in [1.54, 1.807) is 0 Å². The lowest BCUT2D eigenvalue weighted by atomic mass is 9.34. The summed E-state index contributed by atoms with van der Waals surface area (Å²) < 4.78 is 0. The van der Waals surface area contributed by atoms with Crippen LogP contribution in [0.15, 0.2) is 11.6 Å². The molecule has 0 bridgehead atoms. The molecule has 0 aromatic heterocycles.